The number of unbranched alkanes of at least 4 members (excludes halogenated alkanes) is 1. The van der Waals surface area contributed by atoms with Crippen LogP contribution >= 0.6 is 0 Å². The van der Waals surface area contributed by atoms with Crippen LogP contribution in [0.15, 0.2) is 0 Å². The number of esters is 2. The van der Waals surface area contributed by atoms with Gasteiger partial charge in [-0.2, -0.15) is 0 Å². The van der Waals surface area contributed by atoms with Gasteiger partial charge in [0.05, 0.1) is 6.61 Å². The van der Waals surface area contributed by atoms with Gasteiger partial charge in [0.15, 0.2) is 0 Å². The summed E-state index contributed by atoms with van der Waals surface area (Å²) in [4.78, 5) is 23.7. The summed E-state index contributed by atoms with van der Waals surface area (Å²) in [5.41, 5.74) is 0. The Bertz CT molecular complexity index is 381. The van der Waals surface area contributed by atoms with E-state index in [2.05, 4.69) is 0 Å². The minimum Gasteiger partial charge on any atom is -0.462 e. The Morgan fingerprint density at radius 3 is 2.35 bits per heavy atom. The van der Waals surface area contributed by atoms with E-state index in [0.29, 0.717) is 38.7 Å². The third-order valence-corrected chi connectivity index (χ3v) is 4.77. The van der Waals surface area contributed by atoms with Crippen LogP contribution in [0.2, 0.25) is 0 Å². The van der Waals surface area contributed by atoms with Crippen molar-refractivity contribution in [3.8, 4) is 0 Å². The second-order valence-corrected chi connectivity index (χ2v) is 6.65. The van der Waals surface area contributed by atoms with Gasteiger partial charge < -0.3 is 14.2 Å². The molecule has 0 amide bonds. The van der Waals surface area contributed by atoms with Gasteiger partial charge in [0.2, 0.25) is 5.79 Å². The van der Waals surface area contributed by atoms with Gasteiger partial charge >= 0.3 is 11.9 Å². The summed E-state index contributed by atoms with van der Waals surface area (Å²) in [5.74, 6) is -1.05. The number of rotatable bonds is 8. The van der Waals surface area contributed by atoms with Crippen molar-refractivity contribution < 1.29 is 23.8 Å². The fourth-order valence-electron chi connectivity index (χ4n) is 3.33. The molecule has 0 radical (unpaired) electrons. The fraction of sp³-hybridized carbons (Fsp3) is 0.889. The monoisotopic (exact) mass is 326 g/mol. The highest BCUT2D eigenvalue weighted by Crippen LogP contribution is 2.30. The van der Waals surface area contributed by atoms with E-state index in [1.165, 1.54) is 6.42 Å². The summed E-state index contributed by atoms with van der Waals surface area (Å²) in [7, 11) is 0. The van der Waals surface area contributed by atoms with Crippen molar-refractivity contribution in [3.63, 3.8) is 0 Å². The zero-order chi connectivity index (χ0) is 16.5. The van der Waals surface area contributed by atoms with E-state index in [1.807, 2.05) is 6.92 Å². The Morgan fingerprint density at radius 2 is 1.74 bits per heavy atom. The van der Waals surface area contributed by atoms with Crippen LogP contribution in [0.1, 0.15) is 84.0 Å². The van der Waals surface area contributed by atoms with Gasteiger partial charge in [0, 0.05) is 25.7 Å². The van der Waals surface area contributed by atoms with Gasteiger partial charge in [-0.15, -0.1) is 0 Å². The number of hydrogen-bond acceptors (Lipinski definition) is 5. The molecule has 1 aliphatic heterocycles. The molecule has 1 aliphatic carbocycles. The van der Waals surface area contributed by atoms with Crippen molar-refractivity contribution >= 4 is 11.9 Å². The standard InChI is InChI=1S/C18H30O5/c1-2-18(13-8-14-21-18)23-17(20)12-7-6-11-16(19)22-15-9-4-3-5-10-15/h15H,2-14H2,1H3. The molecule has 1 unspecified atom stereocenters. The summed E-state index contributed by atoms with van der Waals surface area (Å²) < 4.78 is 16.5. The topological polar surface area (TPSA) is 61.8 Å². The molecule has 0 aromatic rings. The van der Waals surface area contributed by atoms with Crippen LogP contribution in [-0.4, -0.2) is 30.4 Å². The van der Waals surface area contributed by atoms with Crippen molar-refractivity contribution in [2.45, 2.75) is 95.9 Å². The molecule has 1 saturated heterocycles. The Kier molecular flexibility index (Phi) is 7.34. The molecule has 2 aliphatic rings. The van der Waals surface area contributed by atoms with Crippen molar-refractivity contribution in [1.82, 2.24) is 0 Å². The highest BCUT2D eigenvalue weighted by atomic mass is 16.7. The molecule has 0 aromatic carbocycles. The third-order valence-electron chi connectivity index (χ3n) is 4.77. The maximum absolute atomic E-state index is 11.9. The lowest BCUT2D eigenvalue weighted by Crippen LogP contribution is -2.33. The first-order chi connectivity index (χ1) is 11.1. The molecular weight excluding hydrogens is 296 g/mol. The molecular formula is C18H30O5. The first-order valence-electron chi connectivity index (χ1n) is 9.19. The zero-order valence-corrected chi connectivity index (χ0v) is 14.3. The van der Waals surface area contributed by atoms with E-state index < -0.39 is 5.79 Å². The summed E-state index contributed by atoms with van der Waals surface area (Å²) in [6.45, 7) is 2.63. The smallest absolute Gasteiger partial charge is 0.308 e. The number of carbonyl (C=O) groups is 2. The first-order valence-corrected chi connectivity index (χ1v) is 9.19. The molecule has 1 saturated carbocycles. The normalized spacial score (nSPS) is 25.3. The van der Waals surface area contributed by atoms with Gasteiger partial charge in [0.1, 0.15) is 6.10 Å². The van der Waals surface area contributed by atoms with Crippen LogP contribution in [-0.2, 0) is 23.8 Å². The van der Waals surface area contributed by atoms with Crippen LogP contribution in [0.25, 0.3) is 0 Å². The van der Waals surface area contributed by atoms with E-state index >= 15 is 0 Å². The predicted octanol–water partition coefficient (Wildman–Crippen LogP) is 3.88. The summed E-state index contributed by atoms with van der Waals surface area (Å²) >= 11 is 0. The largest absolute Gasteiger partial charge is 0.462 e. The Morgan fingerprint density at radius 1 is 1.04 bits per heavy atom. The van der Waals surface area contributed by atoms with Crippen molar-refractivity contribution in [2.24, 2.45) is 0 Å². The molecule has 5 heteroatoms. The van der Waals surface area contributed by atoms with Gasteiger partial charge in [-0.1, -0.05) is 13.3 Å². The molecule has 1 atom stereocenters. The third kappa shape index (κ3) is 6.13. The Hall–Kier alpha value is -1.10. The summed E-state index contributed by atoms with van der Waals surface area (Å²) in [5, 5.41) is 0. The van der Waals surface area contributed by atoms with Gasteiger partial charge in [0.25, 0.3) is 0 Å². The Balaban J connectivity index is 1.55. The van der Waals surface area contributed by atoms with Crippen LogP contribution in [0.3, 0.4) is 0 Å². The van der Waals surface area contributed by atoms with Crippen LogP contribution in [0.4, 0.5) is 0 Å². The molecule has 132 valence electrons. The average Bonchev–Trinajstić information content (AvgIpc) is 3.01. The van der Waals surface area contributed by atoms with Crippen molar-refractivity contribution in [2.75, 3.05) is 6.61 Å². The van der Waals surface area contributed by atoms with Crippen molar-refractivity contribution in [3.05, 3.63) is 0 Å². The highest BCUT2D eigenvalue weighted by Gasteiger charge is 2.37. The van der Waals surface area contributed by atoms with E-state index in [1.54, 1.807) is 0 Å². The maximum Gasteiger partial charge on any atom is 0.308 e. The van der Waals surface area contributed by atoms with Crippen LogP contribution < -0.4 is 0 Å². The predicted molar refractivity (Wildman–Crippen MR) is 85.7 cm³/mol. The molecule has 2 fully saturated rings. The van der Waals surface area contributed by atoms with Crippen LogP contribution in [0.5, 0.6) is 0 Å². The van der Waals surface area contributed by atoms with E-state index in [9.17, 15) is 9.59 Å². The molecule has 2 rings (SSSR count). The number of carbonyl (C=O) groups excluding carboxylic acids is 2. The number of hydrogen-bond donors (Lipinski definition) is 0. The SMILES string of the molecule is CCC1(OC(=O)CCCCC(=O)OC2CCCCC2)CCCO1. The minimum absolute atomic E-state index is 0.116. The van der Waals surface area contributed by atoms with Crippen LogP contribution in [0, 0.1) is 0 Å². The second-order valence-electron chi connectivity index (χ2n) is 6.65. The lowest BCUT2D eigenvalue weighted by atomic mass is 9.98. The minimum atomic E-state index is -0.697. The van der Waals surface area contributed by atoms with E-state index in [-0.39, 0.29) is 18.0 Å². The highest BCUT2D eigenvalue weighted by molar-refractivity contribution is 5.71. The molecule has 5 nitrogen and oxygen atoms in total. The molecule has 1 heterocycles. The lowest BCUT2D eigenvalue weighted by molar-refractivity contribution is -0.214. The fourth-order valence-corrected chi connectivity index (χ4v) is 3.33. The molecule has 0 N–H and O–H groups in total. The first kappa shape index (κ1) is 18.2. The van der Waals surface area contributed by atoms with E-state index in [0.717, 1.165) is 38.5 Å². The quantitative estimate of drug-likeness (QED) is 0.500. The lowest BCUT2D eigenvalue weighted by Gasteiger charge is -2.26. The summed E-state index contributed by atoms with van der Waals surface area (Å²) in [6, 6.07) is 0. The van der Waals surface area contributed by atoms with Gasteiger partial charge in [-0.05, 0) is 44.9 Å². The van der Waals surface area contributed by atoms with Crippen molar-refractivity contribution in [1.29, 1.82) is 0 Å². The molecule has 23 heavy (non-hydrogen) atoms. The molecule has 0 spiro atoms. The average molecular weight is 326 g/mol. The van der Waals surface area contributed by atoms with Gasteiger partial charge in [-0.25, -0.2) is 0 Å². The Labute approximate surface area is 139 Å². The summed E-state index contributed by atoms with van der Waals surface area (Å²) in [6.07, 6.45) is 10.1. The zero-order valence-electron chi connectivity index (χ0n) is 14.3. The molecule has 0 aromatic heterocycles. The maximum atomic E-state index is 11.9. The number of ether oxygens (including phenoxy) is 3. The second kappa shape index (κ2) is 9.26. The van der Waals surface area contributed by atoms with E-state index in [4.69, 9.17) is 14.2 Å². The van der Waals surface area contributed by atoms with Gasteiger partial charge in [-0.3, -0.25) is 9.59 Å². The molecule has 0 bridgehead atoms.